The molecule has 5 aliphatic carbocycles. The largest absolute Gasteiger partial charge is 0.469 e. The van der Waals surface area contributed by atoms with Crippen LogP contribution in [-0.4, -0.2) is 41.9 Å². The van der Waals surface area contributed by atoms with Gasteiger partial charge in [-0.2, -0.15) is 5.26 Å². The van der Waals surface area contributed by atoms with E-state index in [0.29, 0.717) is 25.7 Å². The first kappa shape index (κ1) is 32.4. The van der Waals surface area contributed by atoms with Crippen LogP contribution in [0.3, 0.4) is 0 Å². The monoisotopic (exact) mass is 606 g/mol. The molecule has 1 N–H and O–H groups in total. The summed E-state index contributed by atoms with van der Waals surface area (Å²) in [5.74, 6) is -1.50. The quantitative estimate of drug-likeness (QED) is 0.350. The van der Waals surface area contributed by atoms with Gasteiger partial charge in [-0.1, -0.05) is 46.3 Å². The zero-order valence-corrected chi connectivity index (χ0v) is 28.2. The van der Waals surface area contributed by atoms with Gasteiger partial charge in [0, 0.05) is 17.3 Å². The van der Waals surface area contributed by atoms with E-state index in [4.69, 9.17) is 9.47 Å². The molecular formula is C36H50N2O6. The molecule has 8 atom stereocenters. The molecule has 240 valence electrons. The van der Waals surface area contributed by atoms with Crippen LogP contribution in [0.1, 0.15) is 107 Å². The third-order valence-corrected chi connectivity index (χ3v) is 12.9. The molecule has 5 rings (SSSR count). The summed E-state index contributed by atoms with van der Waals surface area (Å²) in [5, 5.41) is 13.0. The molecule has 3 saturated carbocycles. The predicted molar refractivity (Wildman–Crippen MR) is 165 cm³/mol. The van der Waals surface area contributed by atoms with Gasteiger partial charge in [0.15, 0.2) is 11.6 Å². The third kappa shape index (κ3) is 4.35. The van der Waals surface area contributed by atoms with Gasteiger partial charge in [-0.15, -0.1) is 0 Å². The number of nitrogens with one attached hydrogen (secondary N) is 1. The number of allylic oxidation sites excluding steroid dienone is 3. The summed E-state index contributed by atoms with van der Waals surface area (Å²) >= 11 is 0. The maximum atomic E-state index is 14.6. The van der Waals surface area contributed by atoms with Crippen molar-refractivity contribution in [1.82, 2.24) is 5.32 Å². The molecular weight excluding hydrogens is 556 g/mol. The van der Waals surface area contributed by atoms with Gasteiger partial charge >= 0.3 is 12.1 Å². The molecule has 0 aromatic rings. The average molecular weight is 607 g/mol. The minimum Gasteiger partial charge on any atom is -0.469 e. The average Bonchev–Trinajstić information content (AvgIpc) is 2.90. The van der Waals surface area contributed by atoms with Gasteiger partial charge < -0.3 is 14.8 Å². The molecule has 0 bridgehead atoms. The standard InChI is InChI=1S/C36H50N2O6/c1-30(2,3)44-29(42)38-35(9)24-11-12-33(7)25(32(24,6)18-21(20-37)27(35)40)17-23(39)26-22-19-31(4,5)13-15-36(22,28(41)43-10)16-14-34(26,33)8/h17-18,22,24,26H,11-16,19H2,1-10H3,(H,38,42)/t22-,24+,26-,32-,33+,34+,35-,36-/m0/s1. The second-order valence-corrected chi connectivity index (χ2v) is 17.0. The van der Waals surface area contributed by atoms with Crippen molar-refractivity contribution in [3.05, 3.63) is 23.3 Å². The highest BCUT2D eigenvalue weighted by atomic mass is 16.6. The van der Waals surface area contributed by atoms with E-state index in [9.17, 15) is 24.4 Å². The zero-order valence-electron chi connectivity index (χ0n) is 28.2. The lowest BCUT2D eigenvalue weighted by molar-refractivity contribution is -0.190. The highest BCUT2D eigenvalue weighted by molar-refractivity contribution is 6.08. The fraction of sp³-hybridized carbons (Fsp3) is 0.750. The lowest BCUT2D eigenvalue weighted by Crippen LogP contribution is -2.69. The molecule has 0 aromatic heterocycles. The third-order valence-electron chi connectivity index (χ3n) is 12.9. The van der Waals surface area contributed by atoms with Gasteiger partial charge in [-0.05, 0) is 101 Å². The van der Waals surface area contributed by atoms with Gasteiger partial charge in [0.2, 0.25) is 0 Å². The predicted octanol–water partition coefficient (Wildman–Crippen LogP) is 6.64. The highest BCUT2D eigenvalue weighted by Gasteiger charge is 2.71. The van der Waals surface area contributed by atoms with E-state index < -0.39 is 50.6 Å². The van der Waals surface area contributed by atoms with Crippen LogP contribution in [0, 0.1) is 56.2 Å². The SMILES string of the molecule is COC(=O)[C@]12CCC(C)(C)C[C@H]1[C@H]1C(=O)C=C3[C@@]4(C)C=C(C#N)C(=O)[C@@](C)(NC(=O)OC(C)(C)C)[C@@H]4CC[C@@]3(C)[C@]1(C)CC2. The van der Waals surface area contributed by atoms with E-state index in [1.165, 1.54) is 7.11 Å². The van der Waals surface area contributed by atoms with Gasteiger partial charge in [-0.25, -0.2) is 4.79 Å². The number of ether oxygens (including phenoxy) is 2. The summed E-state index contributed by atoms with van der Waals surface area (Å²) in [6.45, 7) is 17.9. The van der Waals surface area contributed by atoms with Crippen molar-refractivity contribution in [2.45, 2.75) is 118 Å². The molecule has 0 spiro atoms. The van der Waals surface area contributed by atoms with Crippen LogP contribution in [0.4, 0.5) is 4.79 Å². The Morgan fingerprint density at radius 1 is 1.00 bits per heavy atom. The van der Waals surface area contributed by atoms with Gasteiger partial charge in [0.05, 0.1) is 18.1 Å². The fourth-order valence-corrected chi connectivity index (χ4v) is 10.6. The number of nitrogens with zero attached hydrogens (tertiary/aromatic N) is 1. The van der Waals surface area contributed by atoms with E-state index in [2.05, 4.69) is 39.1 Å². The van der Waals surface area contributed by atoms with Crippen LogP contribution in [-0.2, 0) is 23.9 Å². The van der Waals surface area contributed by atoms with Crippen LogP contribution < -0.4 is 5.32 Å². The van der Waals surface area contributed by atoms with E-state index in [1.54, 1.807) is 39.8 Å². The Kier molecular flexibility index (Phi) is 7.21. The van der Waals surface area contributed by atoms with Gasteiger partial charge in [0.1, 0.15) is 17.2 Å². The Morgan fingerprint density at radius 2 is 1.64 bits per heavy atom. The Labute approximate surface area is 262 Å². The maximum Gasteiger partial charge on any atom is 0.408 e. The molecule has 8 nitrogen and oxygen atoms in total. The first-order valence-electron chi connectivity index (χ1n) is 16.2. The highest BCUT2D eigenvalue weighted by Crippen LogP contribution is 2.74. The van der Waals surface area contributed by atoms with Crippen molar-refractivity contribution < 1.29 is 28.7 Å². The van der Waals surface area contributed by atoms with Crippen LogP contribution >= 0.6 is 0 Å². The number of hydrogen-bond donors (Lipinski definition) is 1. The van der Waals surface area contributed by atoms with E-state index in [1.807, 2.05) is 6.92 Å². The van der Waals surface area contributed by atoms with Crippen molar-refractivity contribution in [2.24, 2.45) is 44.8 Å². The van der Waals surface area contributed by atoms with Crippen LogP contribution in [0.25, 0.3) is 0 Å². The van der Waals surface area contributed by atoms with Gasteiger partial charge in [-0.3, -0.25) is 14.4 Å². The molecule has 0 saturated heterocycles. The van der Waals surface area contributed by atoms with E-state index in [-0.39, 0.29) is 34.6 Å². The summed E-state index contributed by atoms with van der Waals surface area (Å²) < 4.78 is 11.0. The summed E-state index contributed by atoms with van der Waals surface area (Å²) in [7, 11) is 1.46. The molecule has 5 aliphatic rings. The van der Waals surface area contributed by atoms with Gasteiger partial charge in [0.25, 0.3) is 0 Å². The number of fused-ring (bicyclic) bond motifs is 7. The van der Waals surface area contributed by atoms with Crippen molar-refractivity contribution >= 4 is 23.6 Å². The number of esters is 1. The molecule has 0 radical (unpaired) electrons. The Morgan fingerprint density at radius 3 is 2.23 bits per heavy atom. The molecule has 8 heteroatoms. The molecule has 0 aromatic carbocycles. The van der Waals surface area contributed by atoms with Crippen LogP contribution in [0.5, 0.6) is 0 Å². The lowest BCUT2D eigenvalue weighted by Gasteiger charge is -2.68. The Hall–Kier alpha value is -2.95. The maximum absolute atomic E-state index is 14.6. The number of methoxy groups -OCH3 is 1. The molecule has 0 heterocycles. The molecule has 0 unspecified atom stereocenters. The zero-order chi connectivity index (χ0) is 32.9. The number of rotatable bonds is 2. The van der Waals surface area contributed by atoms with E-state index >= 15 is 0 Å². The second kappa shape index (κ2) is 9.77. The van der Waals surface area contributed by atoms with E-state index in [0.717, 1.165) is 24.8 Å². The number of amides is 1. The Bertz CT molecular complexity index is 1430. The minimum atomic E-state index is -1.40. The minimum absolute atomic E-state index is 0.00142. The molecule has 0 aliphatic heterocycles. The van der Waals surface area contributed by atoms with Crippen molar-refractivity contribution in [3.63, 3.8) is 0 Å². The second-order valence-electron chi connectivity index (χ2n) is 17.0. The number of Topliss-reactive ketones (excluding diaryl/α,β-unsaturated/α-hetero) is 1. The molecule has 1 amide bonds. The number of ketones is 2. The fourth-order valence-electron chi connectivity index (χ4n) is 10.6. The number of hydrogen-bond acceptors (Lipinski definition) is 7. The van der Waals surface area contributed by atoms with Crippen LogP contribution in [0.2, 0.25) is 0 Å². The normalized spacial score (nSPS) is 42.6. The summed E-state index contributed by atoms with van der Waals surface area (Å²) in [4.78, 5) is 55.0. The number of carbonyl (C=O) groups is 4. The molecule has 3 fully saturated rings. The van der Waals surface area contributed by atoms with Crippen molar-refractivity contribution in [1.29, 1.82) is 5.26 Å². The summed E-state index contributed by atoms with van der Waals surface area (Å²) in [6, 6.07) is 2.10. The topological polar surface area (TPSA) is 123 Å². The summed E-state index contributed by atoms with van der Waals surface area (Å²) in [5.41, 5.74) is -3.68. The lowest BCUT2D eigenvalue weighted by atomic mass is 9.34. The smallest absolute Gasteiger partial charge is 0.408 e. The first-order valence-corrected chi connectivity index (χ1v) is 16.2. The van der Waals surface area contributed by atoms with Crippen molar-refractivity contribution in [2.75, 3.05) is 7.11 Å². The Balaban J connectivity index is 1.65. The summed E-state index contributed by atoms with van der Waals surface area (Å²) in [6.07, 6.45) is 7.91. The molecule has 44 heavy (non-hydrogen) atoms. The number of alkyl carbamates (subject to hydrolysis) is 1. The first-order chi connectivity index (χ1) is 20.1. The van der Waals surface area contributed by atoms with Crippen molar-refractivity contribution in [3.8, 4) is 6.07 Å². The van der Waals surface area contributed by atoms with Crippen LogP contribution in [0.15, 0.2) is 23.3 Å². The number of nitriles is 1. The number of carbonyl (C=O) groups excluding carboxylic acids is 4.